The van der Waals surface area contributed by atoms with E-state index in [9.17, 15) is 5.11 Å². The quantitative estimate of drug-likeness (QED) is 0.580. The van der Waals surface area contributed by atoms with Gasteiger partial charge in [0.05, 0.1) is 6.04 Å². The van der Waals surface area contributed by atoms with Gasteiger partial charge in [-0.3, -0.25) is 0 Å². The highest BCUT2D eigenvalue weighted by Crippen LogP contribution is 2.31. The average molecular weight is 364 g/mol. The predicted molar refractivity (Wildman–Crippen MR) is 111 cm³/mol. The fraction of sp³-hybridized carbons (Fsp3) is 0.391. The lowest BCUT2D eigenvalue weighted by atomic mass is 9.96. The topological polar surface area (TPSA) is 57.3 Å². The number of anilines is 1. The van der Waals surface area contributed by atoms with Crippen molar-refractivity contribution in [1.82, 2.24) is 4.98 Å². The zero-order valence-corrected chi connectivity index (χ0v) is 15.9. The lowest BCUT2D eigenvalue weighted by Gasteiger charge is -2.18. The number of hydrogen-bond acceptors (Lipinski definition) is 3. The Morgan fingerprint density at radius 3 is 2.89 bits per heavy atom. The Bertz CT molecular complexity index is 916. The van der Waals surface area contributed by atoms with Crippen LogP contribution >= 0.6 is 0 Å². The first-order chi connectivity index (χ1) is 13.2. The Morgan fingerprint density at radius 1 is 1.15 bits per heavy atom. The molecule has 3 N–H and O–H groups in total. The highest BCUT2D eigenvalue weighted by molar-refractivity contribution is 5.86. The van der Waals surface area contributed by atoms with Gasteiger partial charge in [-0.15, -0.1) is 0 Å². The van der Waals surface area contributed by atoms with Crippen LogP contribution in [0.4, 0.5) is 5.69 Å². The standard InChI is InChI=1S/C23H28N2O2/c1-16(24-21-8-4-2-6-17(21)12-13-26)15-27-18-10-11-20-19-7-3-5-9-22(19)25-23(20)14-18/h2,4,6,8,10-11,14,16,24-26H,3,5,7,9,12-13,15H2,1H3. The molecule has 27 heavy (non-hydrogen) atoms. The lowest BCUT2D eigenvalue weighted by molar-refractivity contribution is 0.299. The smallest absolute Gasteiger partial charge is 0.121 e. The lowest BCUT2D eigenvalue weighted by Crippen LogP contribution is -2.24. The molecule has 0 radical (unpaired) electrons. The number of aryl methyl sites for hydroxylation is 2. The van der Waals surface area contributed by atoms with Crippen LogP contribution in [0.2, 0.25) is 0 Å². The van der Waals surface area contributed by atoms with Crippen LogP contribution < -0.4 is 10.1 Å². The van der Waals surface area contributed by atoms with E-state index in [1.807, 2.05) is 18.2 Å². The molecule has 1 aromatic heterocycles. The summed E-state index contributed by atoms with van der Waals surface area (Å²) in [6, 6.07) is 14.7. The van der Waals surface area contributed by atoms with Crippen LogP contribution in [0.3, 0.4) is 0 Å². The number of aliphatic hydroxyl groups is 1. The second-order valence-electron chi connectivity index (χ2n) is 7.48. The summed E-state index contributed by atoms with van der Waals surface area (Å²) in [5.41, 5.74) is 6.29. The van der Waals surface area contributed by atoms with E-state index in [1.165, 1.54) is 41.4 Å². The summed E-state index contributed by atoms with van der Waals surface area (Å²) in [4.78, 5) is 3.59. The first-order valence-electron chi connectivity index (χ1n) is 9.96. The molecule has 1 unspecified atom stereocenters. The zero-order valence-electron chi connectivity index (χ0n) is 15.9. The number of ether oxygens (including phenoxy) is 1. The molecule has 0 saturated heterocycles. The van der Waals surface area contributed by atoms with E-state index >= 15 is 0 Å². The van der Waals surface area contributed by atoms with Gasteiger partial charge in [0.1, 0.15) is 12.4 Å². The van der Waals surface area contributed by atoms with Crippen LogP contribution in [0, 0.1) is 0 Å². The first kappa shape index (κ1) is 17.9. The van der Waals surface area contributed by atoms with Crippen molar-refractivity contribution in [2.24, 2.45) is 0 Å². The van der Waals surface area contributed by atoms with Crippen molar-refractivity contribution in [2.75, 3.05) is 18.5 Å². The van der Waals surface area contributed by atoms with E-state index in [4.69, 9.17) is 4.74 Å². The SMILES string of the molecule is CC(COc1ccc2c3c([nH]c2c1)CCCC3)Nc1ccccc1CCO. The van der Waals surface area contributed by atoms with Crippen LogP contribution in [0.15, 0.2) is 42.5 Å². The third kappa shape index (κ3) is 3.96. The second kappa shape index (κ2) is 8.05. The van der Waals surface area contributed by atoms with Gasteiger partial charge in [-0.1, -0.05) is 18.2 Å². The van der Waals surface area contributed by atoms with Crippen LogP contribution in [0.25, 0.3) is 10.9 Å². The van der Waals surface area contributed by atoms with Gasteiger partial charge in [-0.2, -0.15) is 0 Å². The Balaban J connectivity index is 1.41. The van der Waals surface area contributed by atoms with Gasteiger partial charge in [0.25, 0.3) is 0 Å². The number of aromatic amines is 1. The number of H-pyrrole nitrogens is 1. The van der Waals surface area contributed by atoms with Crippen molar-refractivity contribution in [3.05, 3.63) is 59.3 Å². The minimum atomic E-state index is 0.156. The maximum Gasteiger partial charge on any atom is 0.121 e. The third-order valence-electron chi connectivity index (χ3n) is 5.37. The third-order valence-corrected chi connectivity index (χ3v) is 5.37. The number of fused-ring (bicyclic) bond motifs is 3. The number of rotatable bonds is 7. The van der Waals surface area contributed by atoms with Crippen molar-refractivity contribution in [3.63, 3.8) is 0 Å². The van der Waals surface area contributed by atoms with Gasteiger partial charge in [0.2, 0.25) is 0 Å². The molecule has 0 saturated carbocycles. The van der Waals surface area contributed by atoms with Gasteiger partial charge < -0.3 is 20.1 Å². The highest BCUT2D eigenvalue weighted by Gasteiger charge is 2.15. The molecule has 1 aliphatic carbocycles. The zero-order chi connectivity index (χ0) is 18.6. The Labute approximate surface area is 160 Å². The van der Waals surface area contributed by atoms with Crippen LogP contribution in [-0.4, -0.2) is 29.3 Å². The maximum atomic E-state index is 9.22. The van der Waals surface area contributed by atoms with Gasteiger partial charge in [0, 0.05) is 35.0 Å². The van der Waals surface area contributed by atoms with Crippen molar-refractivity contribution in [1.29, 1.82) is 0 Å². The summed E-state index contributed by atoms with van der Waals surface area (Å²) in [7, 11) is 0. The monoisotopic (exact) mass is 364 g/mol. The molecule has 0 aliphatic heterocycles. The van der Waals surface area contributed by atoms with E-state index < -0.39 is 0 Å². The summed E-state index contributed by atoms with van der Waals surface area (Å²) in [5, 5.41) is 14.1. The van der Waals surface area contributed by atoms with Gasteiger partial charge in [-0.05, 0) is 68.4 Å². The van der Waals surface area contributed by atoms with Crippen molar-refractivity contribution in [2.45, 2.75) is 45.1 Å². The van der Waals surface area contributed by atoms with Crippen molar-refractivity contribution >= 4 is 16.6 Å². The molecule has 0 amide bonds. The number of para-hydroxylation sites is 1. The molecule has 4 heteroatoms. The Hall–Kier alpha value is -2.46. The number of hydrogen-bond donors (Lipinski definition) is 3. The molecule has 1 aliphatic rings. The van der Waals surface area contributed by atoms with E-state index in [1.54, 1.807) is 0 Å². The summed E-state index contributed by atoms with van der Waals surface area (Å²) in [6.07, 6.45) is 5.58. The second-order valence-corrected chi connectivity index (χ2v) is 7.48. The van der Waals surface area contributed by atoms with E-state index in [-0.39, 0.29) is 12.6 Å². The van der Waals surface area contributed by atoms with Gasteiger partial charge in [0.15, 0.2) is 0 Å². The summed E-state index contributed by atoms with van der Waals surface area (Å²) >= 11 is 0. The summed E-state index contributed by atoms with van der Waals surface area (Å²) in [6.45, 7) is 2.85. The van der Waals surface area contributed by atoms with Gasteiger partial charge >= 0.3 is 0 Å². The Kier molecular flexibility index (Phi) is 5.35. The summed E-state index contributed by atoms with van der Waals surface area (Å²) < 4.78 is 6.05. The maximum absolute atomic E-state index is 9.22. The average Bonchev–Trinajstić information content (AvgIpc) is 3.06. The molecule has 4 nitrogen and oxygen atoms in total. The van der Waals surface area contributed by atoms with Crippen LogP contribution in [0.1, 0.15) is 36.6 Å². The van der Waals surface area contributed by atoms with E-state index in [0.717, 1.165) is 23.4 Å². The number of nitrogens with one attached hydrogen (secondary N) is 2. The van der Waals surface area contributed by atoms with E-state index in [2.05, 4.69) is 41.5 Å². The Morgan fingerprint density at radius 2 is 2.00 bits per heavy atom. The number of benzene rings is 2. The fourth-order valence-electron chi connectivity index (χ4n) is 4.01. The molecule has 2 aromatic carbocycles. The molecule has 1 heterocycles. The minimum Gasteiger partial charge on any atom is -0.491 e. The van der Waals surface area contributed by atoms with Crippen molar-refractivity contribution < 1.29 is 9.84 Å². The van der Waals surface area contributed by atoms with Crippen molar-refractivity contribution in [3.8, 4) is 5.75 Å². The fourth-order valence-corrected chi connectivity index (χ4v) is 4.01. The van der Waals surface area contributed by atoms with Crippen LogP contribution in [0.5, 0.6) is 5.75 Å². The molecular weight excluding hydrogens is 336 g/mol. The molecule has 0 bridgehead atoms. The molecule has 4 rings (SSSR count). The highest BCUT2D eigenvalue weighted by atomic mass is 16.5. The minimum absolute atomic E-state index is 0.156. The summed E-state index contributed by atoms with van der Waals surface area (Å²) in [5.74, 6) is 0.901. The number of aliphatic hydroxyl groups excluding tert-OH is 1. The first-order valence-corrected chi connectivity index (χ1v) is 9.96. The predicted octanol–water partition coefficient (Wildman–Crippen LogP) is 4.46. The molecule has 1 atom stereocenters. The molecule has 3 aromatic rings. The number of aromatic nitrogens is 1. The van der Waals surface area contributed by atoms with Gasteiger partial charge in [-0.25, -0.2) is 0 Å². The molecule has 0 spiro atoms. The molecule has 142 valence electrons. The van der Waals surface area contributed by atoms with Crippen LogP contribution in [-0.2, 0) is 19.3 Å². The van der Waals surface area contributed by atoms with E-state index in [0.29, 0.717) is 13.0 Å². The largest absolute Gasteiger partial charge is 0.491 e. The molecular formula is C23H28N2O2. The normalized spacial score (nSPS) is 14.7. The molecule has 0 fully saturated rings.